The molecule has 1 aromatic heterocycles. The van der Waals surface area contributed by atoms with Crippen molar-refractivity contribution >= 4 is 23.6 Å². The van der Waals surface area contributed by atoms with Gasteiger partial charge in [-0.2, -0.15) is 0 Å². The summed E-state index contributed by atoms with van der Waals surface area (Å²) in [5, 5.41) is 12.0. The fourth-order valence-corrected chi connectivity index (χ4v) is 3.10. The van der Waals surface area contributed by atoms with Crippen LogP contribution in [-0.4, -0.2) is 28.3 Å². The molecule has 1 fully saturated rings. The summed E-state index contributed by atoms with van der Waals surface area (Å²) in [4.78, 5) is 22.8. The summed E-state index contributed by atoms with van der Waals surface area (Å²) < 4.78 is 5.14. The van der Waals surface area contributed by atoms with E-state index in [1.807, 2.05) is 0 Å². The number of carbonyl (C=O) groups is 2. The van der Waals surface area contributed by atoms with Crippen molar-refractivity contribution in [3.63, 3.8) is 0 Å². The second kappa shape index (κ2) is 6.83. The molecule has 1 amide bonds. The molecule has 1 saturated carbocycles. The van der Waals surface area contributed by atoms with Gasteiger partial charge in [0.15, 0.2) is 5.09 Å². The van der Waals surface area contributed by atoms with E-state index in [9.17, 15) is 9.59 Å². The number of carbonyl (C=O) groups excluding carboxylic acids is 1. The van der Waals surface area contributed by atoms with Crippen LogP contribution in [0.1, 0.15) is 49.6 Å². The summed E-state index contributed by atoms with van der Waals surface area (Å²) in [5.41, 5.74) is 0. The molecule has 2 rings (SSSR count). The van der Waals surface area contributed by atoms with Crippen molar-refractivity contribution in [2.45, 2.75) is 55.4 Å². The largest absolute Gasteiger partial charge is 0.475 e. The lowest BCUT2D eigenvalue weighted by Crippen LogP contribution is -2.40. The van der Waals surface area contributed by atoms with E-state index in [1.165, 1.54) is 37.1 Å². The van der Waals surface area contributed by atoms with Gasteiger partial charge < -0.3 is 14.8 Å². The van der Waals surface area contributed by atoms with Gasteiger partial charge in [0.25, 0.3) is 0 Å². The van der Waals surface area contributed by atoms with Crippen molar-refractivity contribution in [1.82, 2.24) is 5.32 Å². The zero-order valence-corrected chi connectivity index (χ0v) is 12.2. The number of rotatable bonds is 5. The molecule has 0 saturated heterocycles. The highest BCUT2D eigenvalue weighted by molar-refractivity contribution is 8.00. The first-order valence-corrected chi connectivity index (χ1v) is 7.74. The molecule has 0 spiro atoms. The minimum absolute atomic E-state index is 0.0184. The normalized spacial score (nSPS) is 17.6. The molecule has 1 aliphatic carbocycles. The van der Waals surface area contributed by atoms with E-state index in [0.29, 0.717) is 5.09 Å². The van der Waals surface area contributed by atoms with Crippen molar-refractivity contribution in [2.24, 2.45) is 0 Å². The SMILES string of the molecule is CC(Sc1ccc(C(=O)O)o1)C(=O)NC1CCCCC1. The molecule has 110 valence electrons. The standard InChI is InChI=1S/C14H19NO4S/c1-9(13(16)15-10-5-3-2-4-6-10)20-12-8-7-11(19-12)14(17)18/h7-10H,2-6H2,1H3,(H,15,16)(H,17,18). The van der Waals surface area contributed by atoms with Gasteiger partial charge in [0.05, 0.1) is 5.25 Å². The van der Waals surface area contributed by atoms with Crippen molar-refractivity contribution in [1.29, 1.82) is 0 Å². The molecule has 1 unspecified atom stereocenters. The lowest BCUT2D eigenvalue weighted by molar-refractivity contribution is -0.121. The first kappa shape index (κ1) is 15.0. The third-order valence-corrected chi connectivity index (χ3v) is 4.43. The zero-order chi connectivity index (χ0) is 14.5. The maximum atomic E-state index is 12.1. The van der Waals surface area contributed by atoms with Crippen LogP contribution in [0.15, 0.2) is 21.6 Å². The first-order valence-electron chi connectivity index (χ1n) is 6.86. The molecule has 6 heteroatoms. The Labute approximate surface area is 122 Å². The summed E-state index contributed by atoms with van der Waals surface area (Å²) in [7, 11) is 0. The predicted molar refractivity (Wildman–Crippen MR) is 76.0 cm³/mol. The predicted octanol–water partition coefficient (Wildman–Crippen LogP) is 2.91. The molecule has 1 aromatic rings. The molecule has 0 aliphatic heterocycles. The van der Waals surface area contributed by atoms with Crippen molar-refractivity contribution in [2.75, 3.05) is 0 Å². The summed E-state index contributed by atoms with van der Waals surface area (Å²) in [6.07, 6.45) is 5.69. The number of thioether (sulfide) groups is 1. The van der Waals surface area contributed by atoms with Crippen LogP contribution in [0.4, 0.5) is 0 Å². The maximum absolute atomic E-state index is 12.1. The number of carboxylic acid groups (broad SMARTS) is 1. The van der Waals surface area contributed by atoms with Gasteiger partial charge in [-0.15, -0.1) is 0 Å². The van der Waals surface area contributed by atoms with Crippen molar-refractivity contribution < 1.29 is 19.1 Å². The van der Waals surface area contributed by atoms with Crippen LogP contribution in [0.25, 0.3) is 0 Å². The molecule has 0 radical (unpaired) electrons. The van der Waals surface area contributed by atoms with Gasteiger partial charge in [-0.05, 0) is 31.9 Å². The molecular weight excluding hydrogens is 278 g/mol. The average Bonchev–Trinajstić information content (AvgIpc) is 2.88. The molecule has 0 aromatic carbocycles. The van der Waals surface area contributed by atoms with E-state index in [-0.39, 0.29) is 23.0 Å². The number of hydrogen-bond acceptors (Lipinski definition) is 4. The van der Waals surface area contributed by atoms with Crippen molar-refractivity contribution in [3.8, 4) is 0 Å². The van der Waals surface area contributed by atoms with Gasteiger partial charge in [-0.1, -0.05) is 31.0 Å². The highest BCUT2D eigenvalue weighted by Gasteiger charge is 2.21. The Morgan fingerprint density at radius 3 is 2.65 bits per heavy atom. The van der Waals surface area contributed by atoms with E-state index < -0.39 is 5.97 Å². The summed E-state index contributed by atoms with van der Waals surface area (Å²) in [6.45, 7) is 1.80. The third kappa shape index (κ3) is 4.03. The lowest BCUT2D eigenvalue weighted by Gasteiger charge is -2.24. The molecule has 5 nitrogen and oxygen atoms in total. The third-order valence-electron chi connectivity index (χ3n) is 3.41. The molecule has 1 aliphatic rings. The summed E-state index contributed by atoms with van der Waals surface area (Å²) >= 11 is 1.24. The fourth-order valence-electron chi connectivity index (χ4n) is 2.29. The topological polar surface area (TPSA) is 79.5 Å². The summed E-state index contributed by atoms with van der Waals surface area (Å²) in [6, 6.07) is 3.26. The van der Waals surface area contributed by atoms with Gasteiger partial charge in [0.1, 0.15) is 0 Å². The van der Waals surface area contributed by atoms with E-state index in [1.54, 1.807) is 13.0 Å². The van der Waals surface area contributed by atoms with Crippen LogP contribution < -0.4 is 5.32 Å². The van der Waals surface area contributed by atoms with Gasteiger partial charge in [0.2, 0.25) is 11.7 Å². The van der Waals surface area contributed by atoms with Crippen LogP contribution in [0.2, 0.25) is 0 Å². The van der Waals surface area contributed by atoms with E-state index in [0.717, 1.165) is 12.8 Å². The Morgan fingerprint density at radius 2 is 2.05 bits per heavy atom. The molecule has 20 heavy (non-hydrogen) atoms. The van der Waals surface area contributed by atoms with Gasteiger partial charge in [0, 0.05) is 6.04 Å². The Hall–Kier alpha value is -1.43. The number of hydrogen-bond donors (Lipinski definition) is 2. The van der Waals surface area contributed by atoms with Gasteiger partial charge in [-0.3, -0.25) is 4.79 Å². The molecule has 2 N–H and O–H groups in total. The zero-order valence-electron chi connectivity index (χ0n) is 11.4. The number of aromatic carboxylic acids is 1. The van der Waals surface area contributed by atoms with Crippen LogP contribution in [0, 0.1) is 0 Å². The second-order valence-electron chi connectivity index (χ2n) is 5.03. The Kier molecular flexibility index (Phi) is 5.11. The second-order valence-corrected chi connectivity index (χ2v) is 6.37. The van der Waals surface area contributed by atoms with Crippen LogP contribution in [0.3, 0.4) is 0 Å². The van der Waals surface area contributed by atoms with E-state index in [4.69, 9.17) is 9.52 Å². The fraction of sp³-hybridized carbons (Fsp3) is 0.571. The molecule has 0 bridgehead atoms. The number of nitrogens with one attached hydrogen (secondary N) is 1. The summed E-state index contributed by atoms with van der Waals surface area (Å²) in [5.74, 6) is -1.22. The van der Waals surface area contributed by atoms with Gasteiger partial charge in [-0.25, -0.2) is 4.79 Å². The Morgan fingerprint density at radius 1 is 1.35 bits per heavy atom. The highest BCUT2D eigenvalue weighted by Crippen LogP contribution is 2.26. The number of amides is 1. The quantitative estimate of drug-likeness (QED) is 0.817. The van der Waals surface area contributed by atoms with Crippen LogP contribution in [-0.2, 0) is 4.79 Å². The van der Waals surface area contributed by atoms with Crippen molar-refractivity contribution in [3.05, 3.63) is 17.9 Å². The van der Waals surface area contributed by atoms with E-state index in [2.05, 4.69) is 5.32 Å². The average molecular weight is 297 g/mol. The maximum Gasteiger partial charge on any atom is 0.371 e. The minimum Gasteiger partial charge on any atom is -0.475 e. The smallest absolute Gasteiger partial charge is 0.371 e. The monoisotopic (exact) mass is 297 g/mol. The Balaban J connectivity index is 1.84. The number of furan rings is 1. The lowest BCUT2D eigenvalue weighted by atomic mass is 9.95. The molecule has 1 atom stereocenters. The minimum atomic E-state index is -1.10. The van der Waals surface area contributed by atoms with E-state index >= 15 is 0 Å². The van der Waals surface area contributed by atoms with Gasteiger partial charge >= 0.3 is 5.97 Å². The molecular formula is C14H19NO4S. The molecule has 1 heterocycles. The number of carboxylic acids is 1. The highest BCUT2D eigenvalue weighted by atomic mass is 32.2. The Bertz CT molecular complexity index is 479. The van der Waals surface area contributed by atoms with Crippen LogP contribution in [0.5, 0.6) is 0 Å². The van der Waals surface area contributed by atoms with Crippen LogP contribution >= 0.6 is 11.8 Å². The first-order chi connectivity index (χ1) is 9.56.